The quantitative estimate of drug-likeness (QED) is 0.440. The molecule has 0 aliphatic carbocycles. The summed E-state index contributed by atoms with van der Waals surface area (Å²) in [6, 6.07) is 5.38. The number of ketones is 2. The zero-order valence-electron chi connectivity index (χ0n) is 19.0. The minimum atomic E-state index is -0.228. The van der Waals surface area contributed by atoms with Gasteiger partial charge in [-0.25, -0.2) is 4.98 Å². The first-order valence-electron chi connectivity index (χ1n) is 11.0. The molecule has 2 bridgehead atoms. The first-order chi connectivity index (χ1) is 15.9. The average molecular weight is 487 g/mol. The van der Waals surface area contributed by atoms with Crippen molar-refractivity contribution in [3.63, 3.8) is 0 Å². The Morgan fingerprint density at radius 1 is 1.15 bits per heavy atom. The van der Waals surface area contributed by atoms with E-state index in [0.717, 1.165) is 46.6 Å². The average Bonchev–Trinajstić information content (AvgIpc) is 2.79. The van der Waals surface area contributed by atoms with Crippen LogP contribution in [0.5, 0.6) is 11.5 Å². The molecule has 1 atom stereocenters. The zero-order valence-corrected chi connectivity index (χ0v) is 20.6. The van der Waals surface area contributed by atoms with E-state index in [4.69, 9.17) is 10.5 Å². The van der Waals surface area contributed by atoms with E-state index in [1.165, 1.54) is 13.2 Å². The van der Waals surface area contributed by atoms with Gasteiger partial charge in [0.1, 0.15) is 11.6 Å². The first-order valence-corrected chi connectivity index (χ1v) is 13.5. The number of hydrogen-bond acceptors (Lipinski definition) is 8. The van der Waals surface area contributed by atoms with Crippen LogP contribution in [0.2, 0.25) is 0 Å². The third-order valence-corrected chi connectivity index (χ3v) is 8.19. The predicted molar refractivity (Wildman–Crippen MR) is 137 cm³/mol. The van der Waals surface area contributed by atoms with E-state index in [1.807, 2.05) is 0 Å². The second-order valence-electron chi connectivity index (χ2n) is 8.16. The fraction of sp³-hybridized carbons (Fsp3) is 0.400. The lowest BCUT2D eigenvalue weighted by Crippen LogP contribution is -2.09. The Hall–Kier alpha value is -2.45. The second kappa shape index (κ2) is 12.1. The molecule has 1 aromatic carbocycles. The van der Waals surface area contributed by atoms with E-state index in [0.29, 0.717) is 30.3 Å². The number of rotatable bonds is 2. The van der Waals surface area contributed by atoms with E-state index >= 15 is 0 Å². The highest BCUT2D eigenvalue weighted by molar-refractivity contribution is 8.76. The molecule has 6 nitrogen and oxygen atoms in total. The van der Waals surface area contributed by atoms with Crippen molar-refractivity contribution in [2.45, 2.75) is 44.8 Å². The van der Waals surface area contributed by atoms with Crippen molar-refractivity contribution in [3.8, 4) is 11.5 Å². The Kier molecular flexibility index (Phi) is 9.26. The van der Waals surface area contributed by atoms with Gasteiger partial charge in [0, 0.05) is 29.7 Å². The number of nitrogens with zero attached hydrogens (tertiary/aromatic N) is 1. The van der Waals surface area contributed by atoms with Crippen LogP contribution in [0, 0.1) is 5.92 Å². The molecule has 1 aliphatic rings. The van der Waals surface area contributed by atoms with Crippen molar-refractivity contribution in [1.82, 2.24) is 4.98 Å². The second-order valence-corrected chi connectivity index (χ2v) is 10.7. The van der Waals surface area contributed by atoms with Crippen LogP contribution in [0.15, 0.2) is 30.5 Å². The molecule has 0 saturated heterocycles. The molecule has 1 aromatic heterocycles. The lowest BCUT2D eigenvalue weighted by Gasteiger charge is -2.14. The number of aromatic hydroxyl groups is 1. The number of methoxy groups -OCH3 is 1. The SMILES string of the molecule is CCC1CCC(=O)CC(=O)C=Cc2cc(OC)c(O)cc2Cc2cnc(N)c(c2)CSSC1. The van der Waals surface area contributed by atoms with Gasteiger partial charge >= 0.3 is 0 Å². The van der Waals surface area contributed by atoms with Gasteiger partial charge in [-0.2, -0.15) is 0 Å². The van der Waals surface area contributed by atoms with E-state index in [-0.39, 0.29) is 23.7 Å². The van der Waals surface area contributed by atoms with Gasteiger partial charge in [0.05, 0.1) is 13.5 Å². The summed E-state index contributed by atoms with van der Waals surface area (Å²) in [4.78, 5) is 29.1. The molecule has 0 fully saturated rings. The summed E-state index contributed by atoms with van der Waals surface area (Å²) in [6.45, 7) is 2.13. The highest BCUT2D eigenvalue weighted by Gasteiger charge is 2.15. The maximum Gasteiger partial charge on any atom is 0.163 e. The number of pyridine rings is 1. The van der Waals surface area contributed by atoms with Crippen molar-refractivity contribution < 1.29 is 19.4 Å². The number of anilines is 1. The van der Waals surface area contributed by atoms with E-state index in [9.17, 15) is 14.7 Å². The summed E-state index contributed by atoms with van der Waals surface area (Å²) in [5.41, 5.74) is 9.60. The number of nitrogen functional groups attached to an aromatic ring is 1. The Morgan fingerprint density at radius 3 is 2.73 bits per heavy atom. The Labute approximate surface area is 202 Å². The van der Waals surface area contributed by atoms with Gasteiger partial charge < -0.3 is 15.6 Å². The molecule has 1 unspecified atom stereocenters. The number of allylic oxidation sites excluding steroid dienone is 1. The maximum absolute atomic E-state index is 12.4. The normalized spacial score (nSPS) is 18.3. The van der Waals surface area contributed by atoms with Crippen molar-refractivity contribution >= 4 is 45.0 Å². The number of fused-ring (bicyclic) bond motifs is 3. The molecule has 0 spiro atoms. The topological polar surface area (TPSA) is 103 Å². The van der Waals surface area contributed by atoms with Gasteiger partial charge in [-0.05, 0) is 59.7 Å². The van der Waals surface area contributed by atoms with Crippen LogP contribution in [0.25, 0.3) is 6.08 Å². The molecule has 2 heterocycles. The number of Topliss-reactive ketones (excluding diaryl/α,β-unsaturated/α-hetero) is 1. The summed E-state index contributed by atoms with van der Waals surface area (Å²) < 4.78 is 5.24. The number of hydrogen-bond donors (Lipinski definition) is 2. The number of aromatic nitrogens is 1. The van der Waals surface area contributed by atoms with Crippen LogP contribution < -0.4 is 10.5 Å². The van der Waals surface area contributed by atoms with Gasteiger partial charge in [-0.15, -0.1) is 0 Å². The molecular weight excluding hydrogens is 456 g/mol. The molecule has 176 valence electrons. The van der Waals surface area contributed by atoms with Crippen molar-refractivity contribution in [3.05, 3.63) is 52.7 Å². The van der Waals surface area contributed by atoms with Gasteiger partial charge in [-0.1, -0.05) is 41.0 Å². The van der Waals surface area contributed by atoms with Crippen molar-refractivity contribution in [2.24, 2.45) is 5.92 Å². The highest BCUT2D eigenvalue weighted by Crippen LogP contribution is 2.34. The summed E-state index contributed by atoms with van der Waals surface area (Å²) in [5, 5.41) is 10.3. The smallest absolute Gasteiger partial charge is 0.163 e. The fourth-order valence-electron chi connectivity index (χ4n) is 3.65. The van der Waals surface area contributed by atoms with Crippen LogP contribution >= 0.6 is 21.6 Å². The number of phenols is 1. The van der Waals surface area contributed by atoms with Crippen LogP contribution in [0.1, 0.15) is 54.9 Å². The van der Waals surface area contributed by atoms with E-state index in [1.54, 1.807) is 46.0 Å². The Balaban J connectivity index is 1.95. The molecule has 0 saturated carbocycles. The summed E-state index contributed by atoms with van der Waals surface area (Å²) >= 11 is 0. The van der Waals surface area contributed by atoms with Crippen LogP contribution in [-0.4, -0.2) is 34.5 Å². The molecule has 1 aliphatic heterocycles. The highest BCUT2D eigenvalue weighted by atomic mass is 33.1. The number of nitrogens with two attached hydrogens (primary N) is 1. The molecular formula is C25H30N2O4S2. The summed E-state index contributed by atoms with van der Waals surface area (Å²) in [5.74, 6) is 2.72. The van der Waals surface area contributed by atoms with Crippen LogP contribution in [-0.2, 0) is 21.8 Å². The Morgan fingerprint density at radius 2 is 1.97 bits per heavy atom. The minimum Gasteiger partial charge on any atom is -0.504 e. The maximum atomic E-state index is 12.4. The summed E-state index contributed by atoms with van der Waals surface area (Å²) in [7, 11) is 4.99. The largest absolute Gasteiger partial charge is 0.504 e. The third-order valence-electron chi connectivity index (χ3n) is 5.72. The summed E-state index contributed by atoms with van der Waals surface area (Å²) in [6.07, 6.45) is 7.47. The number of carbonyl (C=O) groups is 2. The molecule has 0 amide bonds. The molecule has 2 aromatic rings. The fourth-order valence-corrected chi connectivity index (χ4v) is 6.28. The molecule has 0 radical (unpaired) electrons. The van der Waals surface area contributed by atoms with Crippen LogP contribution in [0.4, 0.5) is 5.82 Å². The lowest BCUT2D eigenvalue weighted by molar-refractivity contribution is -0.124. The molecule has 8 heteroatoms. The van der Waals surface area contributed by atoms with E-state index in [2.05, 4.69) is 18.0 Å². The number of benzene rings is 1. The third kappa shape index (κ3) is 7.27. The monoisotopic (exact) mass is 486 g/mol. The van der Waals surface area contributed by atoms with Gasteiger partial charge in [0.2, 0.25) is 0 Å². The standard InChI is InChI=1S/C25H30N2O4S2/c1-3-16-4-6-21(28)12-22(29)7-5-18-11-24(31-2)23(30)10-19(18)8-17-9-20(15-33-32-14-16)25(26)27-13-17/h5,7,9-11,13,16,30H,3-4,6,8,12,14-15H2,1-2H3,(H2,26,27). The van der Waals surface area contributed by atoms with Gasteiger partial charge in [-0.3, -0.25) is 9.59 Å². The first kappa shape index (κ1) is 25.2. The minimum absolute atomic E-state index is 0.0226. The Bertz CT molecular complexity index is 1040. The zero-order chi connectivity index (χ0) is 23.8. The molecule has 3 N–H and O–H groups in total. The van der Waals surface area contributed by atoms with Crippen LogP contribution in [0.3, 0.4) is 0 Å². The number of carbonyl (C=O) groups excluding carboxylic acids is 2. The lowest BCUT2D eigenvalue weighted by atomic mass is 9.97. The number of phenolic OH excluding ortho intramolecular Hbond substituents is 1. The van der Waals surface area contributed by atoms with Crippen molar-refractivity contribution in [1.29, 1.82) is 0 Å². The molecule has 33 heavy (non-hydrogen) atoms. The van der Waals surface area contributed by atoms with Gasteiger partial charge in [0.25, 0.3) is 0 Å². The molecule has 3 rings (SSSR count). The van der Waals surface area contributed by atoms with Crippen molar-refractivity contribution in [2.75, 3.05) is 18.6 Å². The van der Waals surface area contributed by atoms with Gasteiger partial charge in [0.15, 0.2) is 17.3 Å². The predicted octanol–water partition coefficient (Wildman–Crippen LogP) is 5.21. The number of ether oxygens (including phenoxy) is 1. The van der Waals surface area contributed by atoms with E-state index < -0.39 is 0 Å².